The number of benzene rings is 1. The van der Waals surface area contributed by atoms with Gasteiger partial charge in [0.1, 0.15) is 4.90 Å². The Kier molecular flexibility index (Phi) is 5.12. The van der Waals surface area contributed by atoms with Crippen molar-refractivity contribution in [2.75, 3.05) is 31.1 Å². The van der Waals surface area contributed by atoms with Crippen molar-refractivity contribution in [3.63, 3.8) is 0 Å². The molecule has 1 fully saturated rings. The minimum atomic E-state index is -3.51. The molecule has 142 valence electrons. The van der Waals surface area contributed by atoms with Gasteiger partial charge in [0.05, 0.1) is 11.4 Å². The highest BCUT2D eigenvalue weighted by Gasteiger charge is 2.33. The SMILES string of the molecule is Cc1cccc(C(C)C)c1N1CCN(S(=O)(=O)c2c(C)n[nH]c2C)CC1. The van der Waals surface area contributed by atoms with Gasteiger partial charge in [0.15, 0.2) is 0 Å². The summed E-state index contributed by atoms with van der Waals surface area (Å²) in [4.78, 5) is 2.65. The van der Waals surface area contributed by atoms with Crippen LogP contribution >= 0.6 is 0 Å². The van der Waals surface area contributed by atoms with Crippen LogP contribution in [-0.4, -0.2) is 49.1 Å². The van der Waals surface area contributed by atoms with Crippen LogP contribution < -0.4 is 4.90 Å². The summed E-state index contributed by atoms with van der Waals surface area (Å²) in [5, 5.41) is 6.82. The molecule has 6 nitrogen and oxygen atoms in total. The fourth-order valence-corrected chi connectivity index (χ4v) is 5.54. The summed E-state index contributed by atoms with van der Waals surface area (Å²) >= 11 is 0. The first kappa shape index (κ1) is 18.9. The Morgan fingerprint density at radius 2 is 1.73 bits per heavy atom. The first-order valence-electron chi connectivity index (χ1n) is 9.09. The van der Waals surface area contributed by atoms with E-state index in [1.54, 1.807) is 18.2 Å². The third kappa shape index (κ3) is 3.25. The van der Waals surface area contributed by atoms with Crippen LogP contribution in [0.25, 0.3) is 0 Å². The van der Waals surface area contributed by atoms with Crippen molar-refractivity contribution in [1.29, 1.82) is 0 Å². The van der Waals surface area contributed by atoms with Gasteiger partial charge in [-0.2, -0.15) is 9.40 Å². The largest absolute Gasteiger partial charge is 0.368 e. The van der Waals surface area contributed by atoms with E-state index in [-0.39, 0.29) is 0 Å². The van der Waals surface area contributed by atoms with E-state index in [1.807, 2.05) is 0 Å². The van der Waals surface area contributed by atoms with E-state index in [2.05, 4.69) is 54.1 Å². The number of H-pyrrole nitrogens is 1. The molecule has 0 aliphatic carbocycles. The molecule has 1 aromatic carbocycles. The Morgan fingerprint density at radius 1 is 1.08 bits per heavy atom. The minimum Gasteiger partial charge on any atom is -0.368 e. The first-order chi connectivity index (χ1) is 12.2. The Balaban J connectivity index is 1.83. The van der Waals surface area contributed by atoms with Crippen LogP contribution in [0.5, 0.6) is 0 Å². The molecular weight excluding hydrogens is 348 g/mol. The molecular formula is C19H28N4O2S. The molecule has 1 aliphatic heterocycles. The summed E-state index contributed by atoms with van der Waals surface area (Å²) in [5.41, 5.74) is 4.96. The van der Waals surface area contributed by atoms with E-state index in [4.69, 9.17) is 0 Å². The molecule has 1 aliphatic rings. The highest BCUT2D eigenvalue weighted by Crippen LogP contribution is 2.32. The predicted molar refractivity (Wildman–Crippen MR) is 104 cm³/mol. The average Bonchev–Trinajstić information content (AvgIpc) is 2.94. The normalized spacial score (nSPS) is 16.5. The van der Waals surface area contributed by atoms with Gasteiger partial charge in [-0.05, 0) is 37.8 Å². The summed E-state index contributed by atoms with van der Waals surface area (Å²) in [5.74, 6) is 0.433. The molecule has 1 aromatic heterocycles. The highest BCUT2D eigenvalue weighted by molar-refractivity contribution is 7.89. The zero-order chi connectivity index (χ0) is 19.1. The number of anilines is 1. The third-order valence-electron chi connectivity index (χ3n) is 5.10. The number of aryl methyl sites for hydroxylation is 3. The molecule has 0 spiro atoms. The number of nitrogens with one attached hydrogen (secondary N) is 1. The maximum atomic E-state index is 13.0. The molecule has 0 radical (unpaired) electrons. The van der Waals surface area contributed by atoms with Crippen molar-refractivity contribution in [3.8, 4) is 0 Å². The lowest BCUT2D eigenvalue weighted by Gasteiger charge is -2.37. The maximum Gasteiger partial charge on any atom is 0.246 e. The van der Waals surface area contributed by atoms with E-state index >= 15 is 0 Å². The van der Waals surface area contributed by atoms with Crippen LogP contribution in [0.2, 0.25) is 0 Å². The Bertz CT molecular complexity index is 875. The molecule has 1 N–H and O–H groups in total. The molecule has 3 rings (SSSR count). The predicted octanol–water partition coefficient (Wildman–Crippen LogP) is 2.97. The first-order valence-corrected chi connectivity index (χ1v) is 10.5. The average molecular weight is 377 g/mol. The van der Waals surface area contributed by atoms with Crippen molar-refractivity contribution in [1.82, 2.24) is 14.5 Å². The van der Waals surface area contributed by atoms with Crippen molar-refractivity contribution in [2.45, 2.75) is 45.4 Å². The highest BCUT2D eigenvalue weighted by atomic mass is 32.2. The van der Waals surface area contributed by atoms with Gasteiger partial charge in [0.25, 0.3) is 0 Å². The van der Waals surface area contributed by atoms with E-state index in [0.717, 1.165) is 0 Å². The van der Waals surface area contributed by atoms with Crippen LogP contribution in [0.1, 0.15) is 42.3 Å². The fourth-order valence-electron chi connectivity index (χ4n) is 3.78. The van der Waals surface area contributed by atoms with Gasteiger partial charge >= 0.3 is 0 Å². The fraction of sp³-hybridized carbons (Fsp3) is 0.526. The smallest absolute Gasteiger partial charge is 0.246 e. The second-order valence-corrected chi connectivity index (χ2v) is 9.20. The van der Waals surface area contributed by atoms with Crippen LogP contribution in [0.4, 0.5) is 5.69 Å². The van der Waals surface area contributed by atoms with Crippen LogP contribution in [0.3, 0.4) is 0 Å². The van der Waals surface area contributed by atoms with Crippen LogP contribution in [0, 0.1) is 20.8 Å². The van der Waals surface area contributed by atoms with E-state index in [1.165, 1.54) is 16.8 Å². The quantitative estimate of drug-likeness (QED) is 0.891. The van der Waals surface area contributed by atoms with Gasteiger partial charge in [-0.3, -0.25) is 5.10 Å². The van der Waals surface area contributed by atoms with Gasteiger partial charge in [0.2, 0.25) is 10.0 Å². The number of hydrogen-bond donors (Lipinski definition) is 1. The molecule has 0 unspecified atom stereocenters. The van der Waals surface area contributed by atoms with Crippen molar-refractivity contribution in [3.05, 3.63) is 40.7 Å². The number of aromatic nitrogens is 2. The number of rotatable bonds is 4. The lowest BCUT2D eigenvalue weighted by molar-refractivity contribution is 0.384. The second kappa shape index (κ2) is 7.04. The monoisotopic (exact) mass is 376 g/mol. The Morgan fingerprint density at radius 3 is 2.27 bits per heavy atom. The molecule has 2 heterocycles. The van der Waals surface area contributed by atoms with Gasteiger partial charge in [-0.1, -0.05) is 32.0 Å². The minimum absolute atomic E-state index is 0.324. The summed E-state index contributed by atoms with van der Waals surface area (Å²) in [7, 11) is -3.51. The Hall–Kier alpha value is -1.86. The van der Waals surface area contributed by atoms with Gasteiger partial charge in [-0.25, -0.2) is 8.42 Å². The third-order valence-corrected chi connectivity index (χ3v) is 7.27. The Labute approximate surface area is 156 Å². The number of aromatic amines is 1. The van der Waals surface area contributed by atoms with Gasteiger partial charge in [0, 0.05) is 31.9 Å². The molecule has 1 saturated heterocycles. The molecule has 26 heavy (non-hydrogen) atoms. The molecule has 0 bridgehead atoms. The molecule has 7 heteroatoms. The van der Waals surface area contributed by atoms with Crippen molar-refractivity contribution in [2.24, 2.45) is 0 Å². The molecule has 0 saturated carbocycles. The van der Waals surface area contributed by atoms with E-state index in [9.17, 15) is 8.42 Å². The number of piperazine rings is 1. The number of sulfonamides is 1. The van der Waals surface area contributed by atoms with Crippen LogP contribution in [-0.2, 0) is 10.0 Å². The lowest BCUT2D eigenvalue weighted by Crippen LogP contribution is -2.49. The van der Waals surface area contributed by atoms with E-state index in [0.29, 0.717) is 48.4 Å². The molecule has 0 atom stereocenters. The van der Waals surface area contributed by atoms with Gasteiger partial charge < -0.3 is 4.90 Å². The van der Waals surface area contributed by atoms with Crippen molar-refractivity contribution < 1.29 is 8.42 Å². The molecule has 0 amide bonds. The van der Waals surface area contributed by atoms with E-state index < -0.39 is 10.0 Å². The number of para-hydroxylation sites is 1. The van der Waals surface area contributed by atoms with Gasteiger partial charge in [-0.15, -0.1) is 0 Å². The summed E-state index contributed by atoms with van der Waals surface area (Å²) in [6.07, 6.45) is 0. The maximum absolute atomic E-state index is 13.0. The topological polar surface area (TPSA) is 69.3 Å². The summed E-state index contributed by atoms with van der Waals surface area (Å²) in [6.45, 7) is 12.4. The standard InChI is InChI=1S/C19H28N4O2S/c1-13(2)17-8-6-7-14(3)18(17)22-9-11-23(12-10-22)26(24,25)19-15(4)20-21-16(19)5/h6-8,13H,9-12H2,1-5H3,(H,20,21). The van der Waals surface area contributed by atoms with Crippen molar-refractivity contribution >= 4 is 15.7 Å². The number of nitrogens with zero attached hydrogens (tertiary/aromatic N) is 3. The summed E-state index contributed by atoms with van der Waals surface area (Å²) < 4.78 is 27.6. The molecule has 2 aromatic rings. The zero-order valence-electron chi connectivity index (χ0n) is 16.2. The number of hydrogen-bond acceptors (Lipinski definition) is 4. The van der Waals surface area contributed by atoms with Crippen LogP contribution in [0.15, 0.2) is 23.1 Å². The second-order valence-electron chi connectivity index (χ2n) is 7.32. The lowest BCUT2D eigenvalue weighted by atomic mass is 9.97. The summed E-state index contributed by atoms with van der Waals surface area (Å²) in [6, 6.07) is 6.40. The zero-order valence-corrected chi connectivity index (χ0v) is 17.0.